The van der Waals surface area contributed by atoms with Crippen LogP contribution in [0.2, 0.25) is 0 Å². The number of amides is 2. The van der Waals surface area contributed by atoms with E-state index in [0.717, 1.165) is 38.5 Å². The Morgan fingerprint density at radius 3 is 2.51 bits per heavy atom. The van der Waals surface area contributed by atoms with Crippen LogP contribution in [0.25, 0.3) is 21.3 Å². The van der Waals surface area contributed by atoms with Crippen molar-refractivity contribution in [3.63, 3.8) is 0 Å². The number of methoxy groups -OCH3 is 1. The van der Waals surface area contributed by atoms with E-state index in [1.165, 1.54) is 0 Å². The summed E-state index contributed by atoms with van der Waals surface area (Å²) in [5.41, 5.74) is 5.16. The van der Waals surface area contributed by atoms with Gasteiger partial charge in [-0.25, -0.2) is 9.78 Å². The third-order valence-corrected chi connectivity index (χ3v) is 8.03. The Labute approximate surface area is 233 Å². The third-order valence-electron chi connectivity index (χ3n) is 7.17. The first-order valence-electron chi connectivity index (χ1n) is 13.3. The maximum atomic E-state index is 12.5. The van der Waals surface area contributed by atoms with E-state index in [2.05, 4.69) is 39.5 Å². The summed E-state index contributed by atoms with van der Waals surface area (Å²) in [6.45, 7) is 10.8. The van der Waals surface area contributed by atoms with Gasteiger partial charge in [0.15, 0.2) is 0 Å². The van der Waals surface area contributed by atoms with Crippen LogP contribution in [0.4, 0.5) is 10.5 Å². The number of nitrogens with one attached hydrogen (secondary N) is 1. The number of fused-ring (bicyclic) bond motifs is 1. The molecule has 2 aliphatic rings. The van der Waals surface area contributed by atoms with E-state index in [4.69, 9.17) is 14.2 Å². The first kappa shape index (κ1) is 27.1. The van der Waals surface area contributed by atoms with Gasteiger partial charge in [-0.3, -0.25) is 4.79 Å². The van der Waals surface area contributed by atoms with E-state index < -0.39 is 5.60 Å². The number of aromatic nitrogens is 1. The van der Waals surface area contributed by atoms with E-state index in [1.807, 2.05) is 39.3 Å². The Kier molecular flexibility index (Phi) is 7.57. The first-order valence-corrected chi connectivity index (χ1v) is 14.2. The molecular formula is C29H36N4O5S. The van der Waals surface area contributed by atoms with Gasteiger partial charge < -0.3 is 29.3 Å². The maximum Gasteiger partial charge on any atom is 0.410 e. The fraction of sp³-hybridized carbons (Fsp3) is 0.483. The topological polar surface area (TPSA) is 93.2 Å². The van der Waals surface area contributed by atoms with Crippen LogP contribution < -0.4 is 19.7 Å². The summed E-state index contributed by atoms with van der Waals surface area (Å²) >= 11 is 1.55. The molecule has 208 valence electrons. The van der Waals surface area contributed by atoms with E-state index >= 15 is 0 Å². The second kappa shape index (κ2) is 10.9. The second-order valence-electron chi connectivity index (χ2n) is 11.1. The minimum Gasteiger partial charge on any atom is -0.495 e. The number of rotatable bonds is 6. The number of anilines is 1. The Morgan fingerprint density at radius 1 is 1.10 bits per heavy atom. The summed E-state index contributed by atoms with van der Waals surface area (Å²) in [6, 6.07) is 10.3. The van der Waals surface area contributed by atoms with Crippen LogP contribution in [0.15, 0.2) is 35.8 Å². The van der Waals surface area contributed by atoms with Crippen LogP contribution in [-0.2, 0) is 9.53 Å². The summed E-state index contributed by atoms with van der Waals surface area (Å²) in [4.78, 5) is 32.7. The zero-order valence-electron chi connectivity index (χ0n) is 23.2. The molecule has 1 N–H and O–H groups in total. The van der Waals surface area contributed by atoms with Crippen molar-refractivity contribution < 1.29 is 23.8 Å². The normalized spacial score (nSPS) is 18.7. The molecule has 10 heteroatoms. The van der Waals surface area contributed by atoms with Crippen molar-refractivity contribution in [3.05, 3.63) is 35.8 Å². The number of thiazole rings is 1. The van der Waals surface area contributed by atoms with Crippen LogP contribution in [0.3, 0.4) is 0 Å². The summed E-state index contributed by atoms with van der Waals surface area (Å²) in [5, 5.41) is 2.90. The lowest BCUT2D eigenvalue weighted by Gasteiger charge is -2.37. The molecular weight excluding hydrogens is 516 g/mol. The highest BCUT2D eigenvalue weighted by Gasteiger charge is 2.29. The molecule has 2 fully saturated rings. The van der Waals surface area contributed by atoms with Crippen LogP contribution >= 0.6 is 11.3 Å². The summed E-state index contributed by atoms with van der Waals surface area (Å²) < 4.78 is 18.8. The number of ether oxygens (including phenoxy) is 3. The molecule has 2 aliphatic heterocycles. The molecule has 0 aliphatic carbocycles. The number of carbonyl (C=O) groups excluding carboxylic acids is 2. The van der Waals surface area contributed by atoms with E-state index in [-0.39, 0.29) is 24.0 Å². The highest BCUT2D eigenvalue weighted by Crippen LogP contribution is 2.39. The number of hydrogen-bond acceptors (Lipinski definition) is 8. The molecule has 0 saturated carbocycles. The van der Waals surface area contributed by atoms with Gasteiger partial charge in [0.25, 0.3) is 0 Å². The highest BCUT2D eigenvalue weighted by atomic mass is 32.1. The average Bonchev–Trinajstić information content (AvgIpc) is 3.56. The molecule has 9 nitrogen and oxygen atoms in total. The van der Waals surface area contributed by atoms with Gasteiger partial charge in [-0.2, -0.15) is 0 Å². The molecule has 0 spiro atoms. The highest BCUT2D eigenvalue weighted by molar-refractivity contribution is 7.17. The summed E-state index contributed by atoms with van der Waals surface area (Å²) in [7, 11) is 1.68. The molecule has 2 aromatic carbocycles. The van der Waals surface area contributed by atoms with Crippen molar-refractivity contribution >= 4 is 39.2 Å². The molecule has 1 aromatic heterocycles. The van der Waals surface area contributed by atoms with Crippen molar-refractivity contribution in [1.29, 1.82) is 0 Å². The molecule has 2 saturated heterocycles. The van der Waals surface area contributed by atoms with Crippen molar-refractivity contribution in [2.75, 3.05) is 44.7 Å². The number of carbonyl (C=O) groups is 2. The smallest absolute Gasteiger partial charge is 0.410 e. The molecule has 0 radical (unpaired) electrons. The van der Waals surface area contributed by atoms with Crippen molar-refractivity contribution in [1.82, 2.24) is 15.2 Å². The van der Waals surface area contributed by atoms with Gasteiger partial charge in [-0.1, -0.05) is 6.07 Å². The zero-order chi connectivity index (χ0) is 27.7. The predicted octanol–water partition coefficient (Wildman–Crippen LogP) is 4.93. The van der Waals surface area contributed by atoms with Crippen LogP contribution in [0, 0.1) is 5.92 Å². The van der Waals surface area contributed by atoms with Crippen LogP contribution in [0.1, 0.15) is 34.1 Å². The number of nitrogens with zero attached hydrogens (tertiary/aromatic N) is 3. The fourth-order valence-electron chi connectivity index (χ4n) is 5.02. The standard InChI is InChI=1S/C29H36N4O5S/c1-18(21-15-26(34)30-16-21)37-25-14-20(12-22-27(25)39-17-31-22)19-6-7-23(24(13-19)36-5)32-8-10-33(11-9-32)28(35)38-29(2,3)4/h6-7,12-14,17-18,21H,8-11,15-16H2,1-5H3,(H,30,34)/t18-,21?/m1/s1. The van der Waals surface area contributed by atoms with E-state index in [9.17, 15) is 9.59 Å². The minimum atomic E-state index is -0.509. The SMILES string of the molecule is COc1cc(-c2cc(O[C@H](C)C3CNC(=O)C3)c3scnc3c2)ccc1N1CCN(C(=O)OC(C)(C)C)CC1. The van der Waals surface area contributed by atoms with Gasteiger partial charge >= 0.3 is 6.09 Å². The summed E-state index contributed by atoms with van der Waals surface area (Å²) in [6.07, 6.45) is 0.1000. The van der Waals surface area contributed by atoms with E-state index in [0.29, 0.717) is 39.1 Å². The Morgan fingerprint density at radius 2 is 1.85 bits per heavy atom. The van der Waals surface area contributed by atoms with Gasteiger partial charge in [-0.05, 0) is 63.1 Å². The monoisotopic (exact) mass is 552 g/mol. The lowest BCUT2D eigenvalue weighted by Crippen LogP contribution is -2.50. The Hall–Kier alpha value is -3.53. The van der Waals surface area contributed by atoms with Gasteiger partial charge in [0.2, 0.25) is 5.91 Å². The maximum absolute atomic E-state index is 12.5. The molecule has 3 heterocycles. The zero-order valence-corrected chi connectivity index (χ0v) is 24.0. The van der Waals surface area contributed by atoms with Gasteiger partial charge in [0, 0.05) is 45.1 Å². The molecule has 1 unspecified atom stereocenters. The first-order chi connectivity index (χ1) is 18.6. The fourth-order valence-corrected chi connectivity index (χ4v) is 5.75. The molecule has 0 bridgehead atoms. The van der Waals surface area contributed by atoms with E-state index in [1.54, 1.807) is 23.3 Å². The Balaban J connectivity index is 1.34. The number of benzene rings is 2. The average molecular weight is 553 g/mol. The van der Waals surface area contributed by atoms with Crippen molar-refractivity contribution in [3.8, 4) is 22.6 Å². The third kappa shape index (κ3) is 6.06. The lowest BCUT2D eigenvalue weighted by atomic mass is 10.0. The molecule has 5 rings (SSSR count). The van der Waals surface area contributed by atoms with Crippen LogP contribution in [-0.4, -0.2) is 73.4 Å². The summed E-state index contributed by atoms with van der Waals surface area (Å²) in [5.74, 6) is 1.76. The van der Waals surface area contributed by atoms with Crippen molar-refractivity contribution in [2.45, 2.75) is 45.8 Å². The second-order valence-corrected chi connectivity index (χ2v) is 12.0. The molecule has 2 amide bonds. The molecule has 2 atom stereocenters. The Bertz CT molecular complexity index is 1360. The predicted molar refractivity (Wildman–Crippen MR) is 153 cm³/mol. The molecule has 39 heavy (non-hydrogen) atoms. The van der Waals surface area contributed by atoms with Gasteiger partial charge in [0.1, 0.15) is 23.2 Å². The minimum absolute atomic E-state index is 0.0746. The van der Waals surface area contributed by atoms with Gasteiger partial charge in [0.05, 0.1) is 28.5 Å². The quantitative estimate of drug-likeness (QED) is 0.463. The lowest BCUT2D eigenvalue weighted by molar-refractivity contribution is -0.119. The molecule has 3 aromatic rings. The van der Waals surface area contributed by atoms with Crippen molar-refractivity contribution in [2.24, 2.45) is 5.92 Å². The van der Waals surface area contributed by atoms with Gasteiger partial charge in [-0.15, -0.1) is 11.3 Å². The number of piperazine rings is 1. The largest absolute Gasteiger partial charge is 0.495 e. The van der Waals surface area contributed by atoms with Crippen LogP contribution in [0.5, 0.6) is 11.5 Å². The number of hydrogen-bond donors (Lipinski definition) is 1.